The van der Waals surface area contributed by atoms with Crippen molar-refractivity contribution < 1.29 is 31.4 Å². The summed E-state index contributed by atoms with van der Waals surface area (Å²) < 4.78 is 79.1. The molecule has 3 N–H and O–H groups in total. The van der Waals surface area contributed by atoms with Crippen molar-refractivity contribution >= 4 is 17.5 Å². The van der Waals surface area contributed by atoms with Gasteiger partial charge in [0.05, 0.1) is 28.2 Å². The first-order valence-electron chi connectivity index (χ1n) is 9.28. The average molecular weight is 457 g/mol. The molecule has 0 amide bonds. The van der Waals surface area contributed by atoms with Gasteiger partial charge in [-0.05, 0) is 36.8 Å². The number of aliphatic hydroxyl groups excluding tert-OH is 1. The first-order chi connectivity index (χ1) is 15.1. The molecule has 12 heteroatoms. The molecule has 0 aliphatic rings. The summed E-state index contributed by atoms with van der Waals surface area (Å²) in [6.07, 6.45) is -8.09. The fraction of sp³-hybridized carbons (Fsp3) is 0.250. The third kappa shape index (κ3) is 5.84. The number of pyridine rings is 1. The lowest BCUT2D eigenvalue weighted by atomic mass is 10.1. The van der Waals surface area contributed by atoms with E-state index in [-0.39, 0.29) is 36.7 Å². The quantitative estimate of drug-likeness (QED) is 0.338. The maximum atomic E-state index is 13.5. The van der Waals surface area contributed by atoms with Crippen LogP contribution in [-0.2, 0) is 12.4 Å². The van der Waals surface area contributed by atoms with Crippen LogP contribution in [0.3, 0.4) is 0 Å². The Morgan fingerprint density at radius 1 is 0.875 bits per heavy atom. The van der Waals surface area contributed by atoms with E-state index in [9.17, 15) is 26.3 Å². The van der Waals surface area contributed by atoms with Gasteiger partial charge in [-0.15, -0.1) is 0 Å². The number of nitrogens with one attached hydrogen (secondary N) is 2. The van der Waals surface area contributed by atoms with E-state index in [1.165, 1.54) is 12.3 Å². The Labute approximate surface area is 178 Å². The zero-order chi connectivity index (χ0) is 23.4. The topological polar surface area (TPSA) is 83.0 Å². The minimum atomic E-state index is -5.04. The van der Waals surface area contributed by atoms with Gasteiger partial charge >= 0.3 is 12.4 Å². The highest BCUT2D eigenvalue weighted by molar-refractivity contribution is 5.67. The number of aliphatic hydroxyl groups is 1. The van der Waals surface area contributed by atoms with Gasteiger partial charge in [0.25, 0.3) is 0 Å². The lowest BCUT2D eigenvalue weighted by Crippen LogP contribution is -2.14. The van der Waals surface area contributed by atoms with Crippen LogP contribution in [0.15, 0.2) is 48.7 Å². The van der Waals surface area contributed by atoms with E-state index in [2.05, 4.69) is 25.6 Å². The van der Waals surface area contributed by atoms with Crippen LogP contribution in [-0.4, -0.2) is 33.2 Å². The predicted octanol–water partition coefficient (Wildman–Crippen LogP) is 5.11. The fourth-order valence-corrected chi connectivity index (χ4v) is 2.72. The van der Waals surface area contributed by atoms with Crippen molar-refractivity contribution in [3.05, 3.63) is 59.8 Å². The minimum absolute atomic E-state index is 0.0452. The number of alkyl halides is 6. The monoisotopic (exact) mass is 457 g/mol. The second-order valence-corrected chi connectivity index (χ2v) is 6.56. The van der Waals surface area contributed by atoms with Gasteiger partial charge < -0.3 is 15.7 Å². The molecular weight excluding hydrogens is 440 g/mol. The van der Waals surface area contributed by atoms with Crippen LogP contribution in [0.25, 0.3) is 11.4 Å². The number of benzene rings is 1. The Bertz CT molecular complexity index is 1060. The molecule has 0 atom stereocenters. The van der Waals surface area contributed by atoms with Gasteiger partial charge in [0.2, 0.25) is 5.95 Å². The predicted molar refractivity (Wildman–Crippen MR) is 105 cm³/mol. The first-order valence-corrected chi connectivity index (χ1v) is 9.28. The van der Waals surface area contributed by atoms with E-state index in [1.807, 2.05) is 0 Å². The van der Waals surface area contributed by atoms with Gasteiger partial charge in [-0.25, -0.2) is 4.98 Å². The Morgan fingerprint density at radius 2 is 1.66 bits per heavy atom. The largest absolute Gasteiger partial charge is 0.418 e. The van der Waals surface area contributed by atoms with Crippen LogP contribution in [0.2, 0.25) is 0 Å². The first kappa shape index (κ1) is 23.3. The van der Waals surface area contributed by atoms with Crippen molar-refractivity contribution in [2.45, 2.75) is 18.8 Å². The summed E-state index contributed by atoms with van der Waals surface area (Å²) in [5, 5.41) is 14.2. The van der Waals surface area contributed by atoms with Crippen LogP contribution in [0.1, 0.15) is 17.5 Å². The zero-order valence-corrected chi connectivity index (χ0v) is 16.3. The molecule has 0 aliphatic carbocycles. The van der Waals surface area contributed by atoms with E-state index in [0.717, 1.165) is 0 Å². The van der Waals surface area contributed by atoms with E-state index in [0.29, 0.717) is 24.2 Å². The number of hydrogen-bond acceptors (Lipinski definition) is 6. The van der Waals surface area contributed by atoms with E-state index in [1.54, 1.807) is 18.2 Å². The van der Waals surface area contributed by atoms with Crippen molar-refractivity contribution in [3.63, 3.8) is 0 Å². The van der Waals surface area contributed by atoms with E-state index in [4.69, 9.17) is 5.11 Å². The van der Waals surface area contributed by atoms with E-state index >= 15 is 0 Å². The van der Waals surface area contributed by atoms with Crippen LogP contribution in [0, 0.1) is 0 Å². The molecule has 0 saturated heterocycles. The smallest absolute Gasteiger partial charge is 0.396 e. The Morgan fingerprint density at radius 3 is 2.28 bits per heavy atom. The minimum Gasteiger partial charge on any atom is -0.396 e. The molecule has 0 radical (unpaired) electrons. The van der Waals surface area contributed by atoms with Gasteiger partial charge in [-0.3, -0.25) is 4.98 Å². The van der Waals surface area contributed by atoms with Crippen LogP contribution in [0.4, 0.5) is 43.8 Å². The second kappa shape index (κ2) is 9.39. The molecule has 3 rings (SSSR count). The summed E-state index contributed by atoms with van der Waals surface area (Å²) in [6, 6.07) is 7.62. The third-order valence-electron chi connectivity index (χ3n) is 4.19. The van der Waals surface area contributed by atoms with Crippen LogP contribution >= 0.6 is 0 Å². The number of hydrogen-bond donors (Lipinski definition) is 3. The molecule has 0 bridgehead atoms. The molecule has 0 fully saturated rings. The SMILES string of the molecule is OCCCNc1nc(Nc2ccc(C(F)(F)F)cc2C(F)(F)F)cc(-c2ccccn2)n1. The summed E-state index contributed by atoms with van der Waals surface area (Å²) >= 11 is 0. The van der Waals surface area contributed by atoms with Gasteiger partial charge in [-0.2, -0.15) is 31.3 Å². The lowest BCUT2D eigenvalue weighted by molar-refractivity contribution is -0.142. The molecular formula is C20H17F6N5O. The molecule has 2 aromatic heterocycles. The number of halogens is 6. The molecule has 0 saturated carbocycles. The summed E-state index contributed by atoms with van der Waals surface area (Å²) in [5.41, 5.74) is -2.82. The number of rotatable bonds is 7. The lowest BCUT2D eigenvalue weighted by Gasteiger charge is -2.17. The highest BCUT2D eigenvalue weighted by atomic mass is 19.4. The van der Waals surface area contributed by atoms with Gasteiger partial charge in [0.15, 0.2) is 0 Å². The van der Waals surface area contributed by atoms with E-state index < -0.39 is 29.2 Å². The molecule has 6 nitrogen and oxygen atoms in total. The standard InChI is InChI=1S/C20H17F6N5O/c21-19(22,23)12-5-6-14(13(10-12)20(24,25)26)29-17-11-16(15-4-1-2-7-27-15)30-18(31-17)28-8-3-9-32/h1-2,4-7,10-11,32H,3,8-9H2,(H2,28,29,30,31). The van der Waals surface area contributed by atoms with Crippen LogP contribution in [0.5, 0.6) is 0 Å². The summed E-state index contributed by atoms with van der Waals surface area (Å²) in [4.78, 5) is 12.5. The highest BCUT2D eigenvalue weighted by Crippen LogP contribution is 2.40. The maximum Gasteiger partial charge on any atom is 0.418 e. The number of nitrogens with zero attached hydrogens (tertiary/aromatic N) is 3. The summed E-state index contributed by atoms with van der Waals surface area (Å²) in [7, 11) is 0. The van der Waals surface area contributed by atoms with Crippen molar-refractivity contribution in [2.75, 3.05) is 23.8 Å². The molecule has 0 aliphatic heterocycles. The Hall–Kier alpha value is -3.41. The molecule has 3 aromatic rings. The van der Waals surface area contributed by atoms with Gasteiger partial charge in [0.1, 0.15) is 5.82 Å². The molecule has 2 heterocycles. The molecule has 0 unspecified atom stereocenters. The maximum absolute atomic E-state index is 13.5. The number of aromatic nitrogens is 3. The van der Waals surface area contributed by atoms with Gasteiger partial charge in [0, 0.05) is 25.4 Å². The zero-order valence-electron chi connectivity index (χ0n) is 16.3. The third-order valence-corrected chi connectivity index (χ3v) is 4.19. The number of anilines is 3. The Balaban J connectivity index is 2.03. The molecule has 1 aromatic carbocycles. The summed E-state index contributed by atoms with van der Waals surface area (Å²) in [6.45, 7) is 0.189. The second-order valence-electron chi connectivity index (χ2n) is 6.56. The van der Waals surface area contributed by atoms with Crippen molar-refractivity contribution in [2.24, 2.45) is 0 Å². The molecule has 32 heavy (non-hydrogen) atoms. The average Bonchev–Trinajstić information content (AvgIpc) is 2.73. The molecule has 0 spiro atoms. The van der Waals surface area contributed by atoms with Crippen molar-refractivity contribution in [3.8, 4) is 11.4 Å². The van der Waals surface area contributed by atoms with Crippen molar-refractivity contribution in [1.82, 2.24) is 15.0 Å². The van der Waals surface area contributed by atoms with Crippen molar-refractivity contribution in [1.29, 1.82) is 0 Å². The van der Waals surface area contributed by atoms with Crippen LogP contribution < -0.4 is 10.6 Å². The molecule has 170 valence electrons. The Kier molecular flexibility index (Phi) is 6.82. The normalized spacial score (nSPS) is 12.0. The highest BCUT2D eigenvalue weighted by Gasteiger charge is 2.38. The van der Waals surface area contributed by atoms with Gasteiger partial charge in [-0.1, -0.05) is 6.07 Å². The summed E-state index contributed by atoms with van der Waals surface area (Å²) in [5.74, 6) is -0.0398. The fourth-order valence-electron chi connectivity index (χ4n) is 2.72.